The number of ether oxygens (including phenoxy) is 2. The van der Waals surface area contributed by atoms with Crippen molar-refractivity contribution in [1.29, 1.82) is 0 Å². The predicted molar refractivity (Wildman–Crippen MR) is 107 cm³/mol. The van der Waals surface area contributed by atoms with Crippen molar-refractivity contribution in [3.8, 4) is 11.5 Å². The fraction of sp³-hybridized carbons (Fsp3) is 0.136. The van der Waals surface area contributed by atoms with Gasteiger partial charge in [-0.1, -0.05) is 12.1 Å². The molecule has 0 unspecified atom stereocenters. The lowest BCUT2D eigenvalue weighted by molar-refractivity contribution is 0.0932. The number of nitrogens with zero attached hydrogens (tertiary/aromatic N) is 1. The number of Topliss-reactive ketones (excluding diaryl/α,β-unsaturated/α-hetero) is 1. The monoisotopic (exact) mass is 389 g/mol. The predicted octanol–water partition coefficient (Wildman–Crippen LogP) is 2.90. The summed E-state index contributed by atoms with van der Waals surface area (Å²) in [5.74, 6) is 0.967. The number of nitrogen functional groups attached to an aromatic ring is 1. The summed E-state index contributed by atoms with van der Waals surface area (Å²) in [5.41, 5.74) is 13.7. The molecule has 29 heavy (non-hydrogen) atoms. The first kappa shape index (κ1) is 18.5. The third-order valence-electron chi connectivity index (χ3n) is 4.70. The number of carbonyl (C=O) groups excluding carboxylic acids is 2. The Bertz CT molecular complexity index is 1080. The van der Waals surface area contributed by atoms with Crippen molar-refractivity contribution in [3.63, 3.8) is 0 Å². The van der Waals surface area contributed by atoms with Gasteiger partial charge in [0.25, 0.3) is 0 Å². The van der Waals surface area contributed by atoms with Crippen LogP contribution in [0.25, 0.3) is 0 Å². The smallest absolute Gasteiger partial charge is 0.248 e. The van der Waals surface area contributed by atoms with E-state index in [9.17, 15) is 9.59 Å². The van der Waals surface area contributed by atoms with Crippen molar-refractivity contribution < 1.29 is 19.1 Å². The van der Waals surface area contributed by atoms with Crippen LogP contribution in [0.15, 0.2) is 60.8 Å². The number of rotatable bonds is 5. The molecule has 1 amide bonds. The third kappa shape index (κ3) is 3.89. The molecule has 0 spiro atoms. The van der Waals surface area contributed by atoms with Gasteiger partial charge in [-0.05, 0) is 42.0 Å². The topological polar surface area (TPSA) is 118 Å². The number of fused-ring (bicyclic) bond motifs is 1. The van der Waals surface area contributed by atoms with Crippen LogP contribution in [0.5, 0.6) is 11.5 Å². The highest BCUT2D eigenvalue weighted by Crippen LogP contribution is 2.34. The van der Waals surface area contributed by atoms with Crippen LogP contribution in [0.3, 0.4) is 0 Å². The van der Waals surface area contributed by atoms with Crippen LogP contribution in [-0.2, 0) is 0 Å². The average molecular weight is 389 g/mol. The standard InChI is InChI=1S/C22H19N3O4/c23-20-11-15(7-9-25-20)21(13-1-3-14(4-2-13)22(24)27)29-16-5-6-17-18(26)8-10-28-19(17)12-16/h1-7,9,11-12,21H,8,10H2,(H2,23,25)(H2,24,27)/t21-/m1/s1. The molecule has 0 saturated heterocycles. The molecule has 2 heterocycles. The molecule has 0 saturated carbocycles. The Labute approximate surface area is 167 Å². The van der Waals surface area contributed by atoms with Crippen molar-refractivity contribution in [1.82, 2.24) is 4.98 Å². The number of anilines is 1. The number of nitrogens with two attached hydrogens (primary N) is 2. The first-order chi connectivity index (χ1) is 14.0. The molecular formula is C22H19N3O4. The quantitative estimate of drug-likeness (QED) is 0.693. The zero-order valence-electron chi connectivity index (χ0n) is 15.5. The Morgan fingerprint density at radius 3 is 2.59 bits per heavy atom. The zero-order chi connectivity index (χ0) is 20.4. The van der Waals surface area contributed by atoms with Crippen LogP contribution in [0.2, 0.25) is 0 Å². The Morgan fingerprint density at radius 2 is 1.86 bits per heavy atom. The van der Waals surface area contributed by atoms with Crippen molar-refractivity contribution in [2.24, 2.45) is 5.73 Å². The van der Waals surface area contributed by atoms with E-state index >= 15 is 0 Å². The van der Waals surface area contributed by atoms with E-state index < -0.39 is 12.0 Å². The van der Waals surface area contributed by atoms with Gasteiger partial charge in [0.2, 0.25) is 5.91 Å². The van der Waals surface area contributed by atoms with Gasteiger partial charge >= 0.3 is 0 Å². The Kier molecular flexibility index (Phi) is 4.87. The van der Waals surface area contributed by atoms with E-state index in [4.69, 9.17) is 20.9 Å². The molecule has 7 heteroatoms. The second-order valence-corrected chi connectivity index (χ2v) is 6.68. The maximum absolute atomic E-state index is 12.0. The Hall–Kier alpha value is -3.87. The zero-order valence-corrected chi connectivity index (χ0v) is 15.5. The molecule has 4 rings (SSSR count). The lowest BCUT2D eigenvalue weighted by atomic mass is 10.00. The molecule has 0 fully saturated rings. The van der Waals surface area contributed by atoms with Gasteiger partial charge in [-0.2, -0.15) is 0 Å². The minimum atomic E-state index is -0.514. The maximum Gasteiger partial charge on any atom is 0.248 e. The fourth-order valence-corrected chi connectivity index (χ4v) is 3.23. The summed E-state index contributed by atoms with van der Waals surface area (Å²) in [6, 6.07) is 15.5. The van der Waals surface area contributed by atoms with E-state index in [1.165, 1.54) is 0 Å². The summed E-state index contributed by atoms with van der Waals surface area (Å²) in [5, 5.41) is 0. The summed E-state index contributed by atoms with van der Waals surface area (Å²) in [4.78, 5) is 27.4. The minimum absolute atomic E-state index is 0.0540. The summed E-state index contributed by atoms with van der Waals surface area (Å²) in [6.45, 7) is 0.355. The van der Waals surface area contributed by atoms with Crippen molar-refractivity contribution in [2.75, 3.05) is 12.3 Å². The van der Waals surface area contributed by atoms with Gasteiger partial charge in [0.1, 0.15) is 23.4 Å². The van der Waals surface area contributed by atoms with E-state index in [1.54, 1.807) is 60.8 Å². The van der Waals surface area contributed by atoms with Gasteiger partial charge < -0.3 is 20.9 Å². The van der Waals surface area contributed by atoms with Crippen molar-refractivity contribution in [2.45, 2.75) is 12.5 Å². The molecule has 0 radical (unpaired) electrons. The molecule has 0 aliphatic carbocycles. The molecule has 1 aromatic heterocycles. The van der Waals surface area contributed by atoms with E-state index in [1.807, 2.05) is 0 Å². The van der Waals surface area contributed by atoms with E-state index in [2.05, 4.69) is 4.98 Å². The molecule has 3 aromatic rings. The normalized spacial score (nSPS) is 13.9. The third-order valence-corrected chi connectivity index (χ3v) is 4.70. The number of carbonyl (C=O) groups is 2. The van der Waals surface area contributed by atoms with Gasteiger partial charge in [-0.3, -0.25) is 9.59 Å². The molecule has 1 aliphatic rings. The molecule has 146 valence electrons. The second kappa shape index (κ2) is 7.63. The van der Waals surface area contributed by atoms with Crippen LogP contribution in [0, 0.1) is 0 Å². The highest BCUT2D eigenvalue weighted by Gasteiger charge is 2.22. The molecule has 4 N–H and O–H groups in total. The number of pyridine rings is 1. The number of aromatic nitrogens is 1. The Morgan fingerprint density at radius 1 is 1.07 bits per heavy atom. The number of amides is 1. The number of hydrogen-bond acceptors (Lipinski definition) is 6. The average Bonchev–Trinajstić information content (AvgIpc) is 2.72. The summed E-state index contributed by atoms with van der Waals surface area (Å²) < 4.78 is 11.9. The van der Waals surface area contributed by atoms with Gasteiger partial charge in [0, 0.05) is 29.8 Å². The highest BCUT2D eigenvalue weighted by atomic mass is 16.5. The summed E-state index contributed by atoms with van der Waals surface area (Å²) in [7, 11) is 0. The second-order valence-electron chi connectivity index (χ2n) is 6.68. The number of ketones is 1. The molecule has 2 aromatic carbocycles. The van der Waals surface area contributed by atoms with Crippen LogP contribution >= 0.6 is 0 Å². The first-order valence-electron chi connectivity index (χ1n) is 9.09. The van der Waals surface area contributed by atoms with E-state index in [-0.39, 0.29) is 5.78 Å². The lowest BCUT2D eigenvalue weighted by Crippen LogP contribution is -2.16. The van der Waals surface area contributed by atoms with Gasteiger partial charge in [-0.25, -0.2) is 4.98 Å². The SMILES string of the molecule is NC(=O)c1ccc([C@@H](Oc2ccc3c(c2)OCCC3=O)c2ccnc(N)c2)cc1. The number of primary amides is 1. The molecule has 0 bridgehead atoms. The van der Waals surface area contributed by atoms with Crippen LogP contribution < -0.4 is 20.9 Å². The number of benzene rings is 2. The van der Waals surface area contributed by atoms with Crippen LogP contribution in [-0.4, -0.2) is 23.3 Å². The lowest BCUT2D eigenvalue weighted by Gasteiger charge is -2.22. The van der Waals surface area contributed by atoms with Gasteiger partial charge in [-0.15, -0.1) is 0 Å². The van der Waals surface area contributed by atoms with Crippen LogP contribution in [0.1, 0.15) is 44.4 Å². The maximum atomic E-state index is 12.0. The first-order valence-corrected chi connectivity index (χ1v) is 9.09. The highest BCUT2D eigenvalue weighted by molar-refractivity contribution is 5.99. The molecule has 1 aliphatic heterocycles. The Balaban J connectivity index is 1.71. The molecular weight excluding hydrogens is 370 g/mol. The largest absolute Gasteiger partial charge is 0.492 e. The van der Waals surface area contributed by atoms with E-state index in [0.29, 0.717) is 41.5 Å². The summed E-state index contributed by atoms with van der Waals surface area (Å²) >= 11 is 0. The minimum Gasteiger partial charge on any atom is -0.492 e. The fourth-order valence-electron chi connectivity index (χ4n) is 3.23. The summed E-state index contributed by atoms with van der Waals surface area (Å²) in [6.07, 6.45) is 1.46. The van der Waals surface area contributed by atoms with Gasteiger partial charge in [0.15, 0.2) is 5.78 Å². The molecule has 1 atom stereocenters. The van der Waals surface area contributed by atoms with Crippen molar-refractivity contribution in [3.05, 3.63) is 83.0 Å². The van der Waals surface area contributed by atoms with E-state index in [0.717, 1.165) is 11.1 Å². The van der Waals surface area contributed by atoms with Crippen LogP contribution in [0.4, 0.5) is 5.82 Å². The molecule has 7 nitrogen and oxygen atoms in total. The number of hydrogen-bond donors (Lipinski definition) is 2. The van der Waals surface area contributed by atoms with Crippen molar-refractivity contribution >= 4 is 17.5 Å². The van der Waals surface area contributed by atoms with Gasteiger partial charge in [0.05, 0.1) is 12.2 Å².